The van der Waals surface area contributed by atoms with Crippen molar-refractivity contribution < 1.29 is 8.78 Å². The molecule has 6 nitrogen and oxygen atoms in total. The molecule has 0 saturated carbocycles. The van der Waals surface area contributed by atoms with Gasteiger partial charge < -0.3 is 0 Å². The van der Waals surface area contributed by atoms with Crippen molar-refractivity contribution in [2.45, 2.75) is 6.54 Å². The third kappa shape index (κ3) is 2.65. The van der Waals surface area contributed by atoms with Crippen LogP contribution in [0, 0.1) is 11.6 Å². The Morgan fingerprint density at radius 1 is 1.04 bits per heavy atom. The molecule has 0 spiro atoms. The van der Waals surface area contributed by atoms with Crippen molar-refractivity contribution in [1.82, 2.24) is 24.1 Å². The molecule has 0 saturated heterocycles. The number of nitrogens with zero attached hydrogens (tertiary/aromatic N) is 5. The van der Waals surface area contributed by atoms with E-state index in [0.717, 1.165) is 12.1 Å². The highest BCUT2D eigenvalue weighted by atomic mass is 19.2. The Morgan fingerprint density at radius 2 is 1.88 bits per heavy atom. The predicted molar refractivity (Wildman–Crippen MR) is 91.5 cm³/mol. The SMILES string of the molecule is Cn1c(=O)n(Cc2ccncn2)c2cc(-c3ccc(F)c(F)c3)cnc21. The van der Waals surface area contributed by atoms with Crippen molar-refractivity contribution in [3.05, 3.63) is 76.9 Å². The average Bonchev–Trinajstić information content (AvgIpc) is 2.89. The van der Waals surface area contributed by atoms with Gasteiger partial charge in [-0.25, -0.2) is 28.5 Å². The summed E-state index contributed by atoms with van der Waals surface area (Å²) in [6, 6.07) is 7.09. The molecular formula is C18H13F2N5O. The molecule has 0 aliphatic rings. The average molecular weight is 353 g/mol. The number of aromatic nitrogens is 5. The number of hydrogen-bond acceptors (Lipinski definition) is 4. The zero-order valence-electron chi connectivity index (χ0n) is 13.7. The number of halogens is 2. The number of pyridine rings is 1. The van der Waals surface area contributed by atoms with Gasteiger partial charge in [-0.05, 0) is 29.8 Å². The summed E-state index contributed by atoms with van der Waals surface area (Å²) >= 11 is 0. The molecule has 130 valence electrons. The van der Waals surface area contributed by atoms with E-state index in [1.807, 2.05) is 0 Å². The highest BCUT2D eigenvalue weighted by Gasteiger charge is 2.14. The molecule has 1 aromatic carbocycles. The molecule has 3 aromatic heterocycles. The lowest BCUT2D eigenvalue weighted by Gasteiger charge is -2.05. The zero-order valence-corrected chi connectivity index (χ0v) is 13.7. The van der Waals surface area contributed by atoms with E-state index in [4.69, 9.17) is 0 Å². The quantitative estimate of drug-likeness (QED) is 0.568. The molecule has 0 fully saturated rings. The summed E-state index contributed by atoms with van der Waals surface area (Å²) in [4.78, 5) is 24.9. The largest absolute Gasteiger partial charge is 0.330 e. The molecular weight excluding hydrogens is 340 g/mol. The number of aryl methyl sites for hydroxylation is 1. The van der Waals surface area contributed by atoms with E-state index in [1.165, 1.54) is 27.7 Å². The lowest BCUT2D eigenvalue weighted by atomic mass is 10.1. The van der Waals surface area contributed by atoms with Gasteiger partial charge in [0.1, 0.15) is 6.33 Å². The third-order valence-electron chi connectivity index (χ3n) is 4.19. The van der Waals surface area contributed by atoms with Crippen molar-refractivity contribution in [2.75, 3.05) is 0 Å². The van der Waals surface area contributed by atoms with Gasteiger partial charge in [-0.2, -0.15) is 0 Å². The first-order valence-corrected chi connectivity index (χ1v) is 7.80. The molecule has 0 amide bonds. The normalized spacial score (nSPS) is 11.2. The Hall–Kier alpha value is -3.42. The maximum atomic E-state index is 13.5. The summed E-state index contributed by atoms with van der Waals surface area (Å²) in [6.07, 6.45) is 4.55. The minimum absolute atomic E-state index is 0.242. The Kier molecular flexibility index (Phi) is 3.80. The van der Waals surface area contributed by atoms with Crippen molar-refractivity contribution in [2.24, 2.45) is 7.05 Å². The summed E-state index contributed by atoms with van der Waals surface area (Å²) in [6.45, 7) is 0.252. The third-order valence-corrected chi connectivity index (χ3v) is 4.19. The van der Waals surface area contributed by atoms with Crippen LogP contribution in [-0.4, -0.2) is 24.1 Å². The van der Waals surface area contributed by atoms with Gasteiger partial charge in [-0.1, -0.05) is 6.07 Å². The van der Waals surface area contributed by atoms with Crippen molar-refractivity contribution in [3.8, 4) is 11.1 Å². The molecule has 0 aliphatic heterocycles. The number of rotatable bonds is 3. The van der Waals surface area contributed by atoms with Gasteiger partial charge in [0.05, 0.1) is 17.8 Å². The zero-order chi connectivity index (χ0) is 18.3. The summed E-state index contributed by atoms with van der Waals surface area (Å²) < 4.78 is 29.7. The number of imidazole rings is 1. The molecule has 26 heavy (non-hydrogen) atoms. The molecule has 0 N–H and O–H groups in total. The lowest BCUT2D eigenvalue weighted by molar-refractivity contribution is 0.509. The topological polar surface area (TPSA) is 65.6 Å². The van der Waals surface area contributed by atoms with Gasteiger partial charge in [0, 0.05) is 25.0 Å². The molecule has 0 unspecified atom stereocenters. The van der Waals surface area contributed by atoms with E-state index in [1.54, 1.807) is 25.4 Å². The summed E-state index contributed by atoms with van der Waals surface area (Å²) in [7, 11) is 1.63. The Labute approximate surface area is 146 Å². The second kappa shape index (κ2) is 6.14. The first-order valence-electron chi connectivity index (χ1n) is 7.80. The molecule has 4 aromatic rings. The molecule has 8 heteroatoms. The number of benzene rings is 1. The van der Waals surface area contributed by atoms with Crippen molar-refractivity contribution in [1.29, 1.82) is 0 Å². The van der Waals surface area contributed by atoms with Crippen LogP contribution in [0.2, 0.25) is 0 Å². The molecule has 0 aliphatic carbocycles. The van der Waals surface area contributed by atoms with Crippen LogP contribution < -0.4 is 5.69 Å². The summed E-state index contributed by atoms with van der Waals surface area (Å²) in [5, 5.41) is 0. The molecule has 4 rings (SSSR count). The Balaban J connectivity index is 1.88. The van der Waals surface area contributed by atoms with Gasteiger partial charge in [0.25, 0.3) is 0 Å². The summed E-state index contributed by atoms with van der Waals surface area (Å²) in [5.41, 5.74) is 2.57. The van der Waals surface area contributed by atoms with E-state index >= 15 is 0 Å². The van der Waals surface area contributed by atoms with E-state index in [-0.39, 0.29) is 12.2 Å². The van der Waals surface area contributed by atoms with Crippen LogP contribution in [-0.2, 0) is 13.6 Å². The lowest BCUT2D eigenvalue weighted by Crippen LogP contribution is -2.23. The van der Waals surface area contributed by atoms with Crippen molar-refractivity contribution >= 4 is 11.2 Å². The fraction of sp³-hybridized carbons (Fsp3) is 0.111. The Morgan fingerprint density at radius 3 is 2.62 bits per heavy atom. The second-order valence-corrected chi connectivity index (χ2v) is 5.82. The van der Waals surface area contributed by atoms with Gasteiger partial charge in [-0.15, -0.1) is 0 Å². The number of hydrogen-bond donors (Lipinski definition) is 0. The Bertz CT molecular complexity index is 1170. The van der Waals surface area contributed by atoms with Gasteiger partial charge in [-0.3, -0.25) is 9.13 Å². The van der Waals surface area contributed by atoms with E-state index in [0.29, 0.717) is 28.0 Å². The first kappa shape index (κ1) is 16.1. The fourth-order valence-electron chi connectivity index (χ4n) is 2.84. The first-order chi connectivity index (χ1) is 12.5. The molecule has 0 atom stereocenters. The summed E-state index contributed by atoms with van der Waals surface area (Å²) in [5.74, 6) is -1.85. The van der Waals surface area contributed by atoms with Crippen molar-refractivity contribution in [3.63, 3.8) is 0 Å². The standard InChI is InChI=1S/C18H13F2N5O/c1-24-17-16(25(18(24)26)9-13-4-5-21-10-23-13)7-12(8-22-17)11-2-3-14(19)15(20)6-11/h2-8,10H,9H2,1H3. The van der Waals surface area contributed by atoms with Gasteiger partial charge in [0.2, 0.25) is 0 Å². The molecule has 0 bridgehead atoms. The maximum absolute atomic E-state index is 13.5. The van der Waals surface area contributed by atoms with Gasteiger partial charge in [0.15, 0.2) is 17.3 Å². The highest BCUT2D eigenvalue weighted by Crippen LogP contribution is 2.24. The van der Waals surface area contributed by atoms with Gasteiger partial charge >= 0.3 is 5.69 Å². The second-order valence-electron chi connectivity index (χ2n) is 5.82. The molecule has 3 heterocycles. The monoisotopic (exact) mass is 353 g/mol. The van der Waals surface area contributed by atoms with Crippen LogP contribution in [0.15, 0.2) is 53.8 Å². The van der Waals surface area contributed by atoms with Crippen LogP contribution in [0.5, 0.6) is 0 Å². The fourth-order valence-corrected chi connectivity index (χ4v) is 2.84. The number of fused-ring (bicyclic) bond motifs is 1. The van der Waals surface area contributed by atoms with E-state index in [2.05, 4.69) is 15.0 Å². The highest BCUT2D eigenvalue weighted by molar-refractivity contribution is 5.78. The van der Waals surface area contributed by atoms with Crippen LogP contribution >= 0.6 is 0 Å². The predicted octanol–water partition coefficient (Wildman–Crippen LogP) is 2.52. The minimum Gasteiger partial charge on any atom is -0.284 e. The van der Waals surface area contributed by atoms with Crippen LogP contribution in [0.25, 0.3) is 22.3 Å². The smallest absolute Gasteiger partial charge is 0.284 e. The van der Waals surface area contributed by atoms with Crippen LogP contribution in [0.3, 0.4) is 0 Å². The van der Waals surface area contributed by atoms with Crippen LogP contribution in [0.4, 0.5) is 8.78 Å². The maximum Gasteiger partial charge on any atom is 0.330 e. The van der Waals surface area contributed by atoms with E-state index in [9.17, 15) is 13.6 Å². The van der Waals surface area contributed by atoms with E-state index < -0.39 is 11.6 Å². The van der Waals surface area contributed by atoms with Crippen LogP contribution in [0.1, 0.15) is 5.69 Å². The minimum atomic E-state index is -0.936. The molecule has 0 radical (unpaired) electrons.